The fourth-order valence-corrected chi connectivity index (χ4v) is 2.08. The number of carbonyl (C=O) groups is 1. The average molecular weight is 273 g/mol. The minimum atomic E-state index is -1.13. The van der Waals surface area contributed by atoms with Gasteiger partial charge in [-0.2, -0.15) is 0 Å². The second kappa shape index (κ2) is 5.74. The molecule has 0 aromatic heterocycles. The van der Waals surface area contributed by atoms with Crippen molar-refractivity contribution in [1.29, 1.82) is 0 Å². The number of benzene rings is 2. The zero-order valence-corrected chi connectivity index (χ0v) is 11.4. The van der Waals surface area contributed by atoms with Crippen molar-refractivity contribution in [2.75, 3.05) is 11.4 Å². The van der Waals surface area contributed by atoms with Gasteiger partial charge in [0.15, 0.2) is 0 Å². The van der Waals surface area contributed by atoms with Crippen molar-refractivity contribution in [3.63, 3.8) is 0 Å². The standard InChI is InChI=1S/C16H16FNO2/c1-3-18(13-7-4-11(2)5-8-13)15-9-6-12(16(19)20)10-14(15)17/h4-10H,3H2,1-2H3,(H,19,20). The van der Waals surface area contributed by atoms with Crippen LogP contribution in [0.1, 0.15) is 22.8 Å². The van der Waals surface area contributed by atoms with Gasteiger partial charge in [0.25, 0.3) is 0 Å². The Morgan fingerprint density at radius 3 is 2.35 bits per heavy atom. The molecule has 0 atom stereocenters. The first-order valence-corrected chi connectivity index (χ1v) is 6.40. The number of halogens is 1. The summed E-state index contributed by atoms with van der Waals surface area (Å²) >= 11 is 0. The van der Waals surface area contributed by atoms with Crippen LogP contribution in [0, 0.1) is 12.7 Å². The molecule has 0 aliphatic carbocycles. The van der Waals surface area contributed by atoms with E-state index in [-0.39, 0.29) is 5.56 Å². The Labute approximate surface area is 117 Å². The summed E-state index contributed by atoms with van der Waals surface area (Å²) < 4.78 is 14.1. The Hall–Kier alpha value is -2.36. The molecule has 2 rings (SSSR count). The molecule has 3 nitrogen and oxygen atoms in total. The topological polar surface area (TPSA) is 40.5 Å². The van der Waals surface area contributed by atoms with Gasteiger partial charge in [0.2, 0.25) is 0 Å². The lowest BCUT2D eigenvalue weighted by Gasteiger charge is -2.24. The van der Waals surface area contributed by atoms with Crippen molar-refractivity contribution < 1.29 is 14.3 Å². The number of aromatic carboxylic acids is 1. The van der Waals surface area contributed by atoms with Crippen molar-refractivity contribution in [2.45, 2.75) is 13.8 Å². The Morgan fingerprint density at radius 1 is 1.20 bits per heavy atom. The van der Waals surface area contributed by atoms with E-state index in [0.717, 1.165) is 17.3 Å². The summed E-state index contributed by atoms with van der Waals surface area (Å²) in [7, 11) is 0. The van der Waals surface area contributed by atoms with E-state index in [1.54, 1.807) is 4.90 Å². The molecule has 104 valence electrons. The first-order valence-electron chi connectivity index (χ1n) is 6.40. The molecule has 0 bridgehead atoms. The van der Waals surface area contributed by atoms with Crippen LogP contribution in [0.4, 0.5) is 15.8 Å². The van der Waals surface area contributed by atoms with Crippen LogP contribution in [0.15, 0.2) is 42.5 Å². The molecule has 0 aliphatic heterocycles. The lowest BCUT2D eigenvalue weighted by atomic mass is 10.1. The number of hydrogen-bond donors (Lipinski definition) is 1. The molecule has 0 aliphatic rings. The molecular formula is C16H16FNO2. The molecule has 0 radical (unpaired) electrons. The largest absolute Gasteiger partial charge is 0.478 e. The van der Waals surface area contributed by atoms with Gasteiger partial charge in [0.1, 0.15) is 5.82 Å². The summed E-state index contributed by atoms with van der Waals surface area (Å²) in [6.07, 6.45) is 0. The first-order chi connectivity index (χ1) is 9.52. The van der Waals surface area contributed by atoms with Gasteiger partial charge in [-0.25, -0.2) is 9.18 Å². The summed E-state index contributed by atoms with van der Waals surface area (Å²) in [4.78, 5) is 12.6. The molecule has 0 fully saturated rings. The average Bonchev–Trinajstić information content (AvgIpc) is 2.43. The molecule has 0 heterocycles. The van der Waals surface area contributed by atoms with Crippen LogP contribution < -0.4 is 4.90 Å². The predicted molar refractivity (Wildman–Crippen MR) is 77.2 cm³/mol. The van der Waals surface area contributed by atoms with Crippen LogP contribution in [0.3, 0.4) is 0 Å². The molecular weight excluding hydrogens is 257 g/mol. The Morgan fingerprint density at radius 2 is 1.85 bits per heavy atom. The third kappa shape index (κ3) is 2.79. The van der Waals surface area contributed by atoms with E-state index in [1.165, 1.54) is 12.1 Å². The van der Waals surface area contributed by atoms with E-state index >= 15 is 0 Å². The van der Waals surface area contributed by atoms with Gasteiger partial charge in [-0.3, -0.25) is 0 Å². The van der Waals surface area contributed by atoms with Crippen molar-refractivity contribution in [1.82, 2.24) is 0 Å². The second-order valence-corrected chi connectivity index (χ2v) is 4.55. The van der Waals surface area contributed by atoms with Gasteiger partial charge in [-0.05, 0) is 44.2 Å². The fourth-order valence-electron chi connectivity index (χ4n) is 2.08. The van der Waals surface area contributed by atoms with Crippen molar-refractivity contribution in [2.24, 2.45) is 0 Å². The Balaban J connectivity index is 2.41. The number of carboxylic acids is 1. The number of anilines is 2. The van der Waals surface area contributed by atoms with Gasteiger partial charge < -0.3 is 10.0 Å². The molecule has 1 N–H and O–H groups in total. The van der Waals surface area contributed by atoms with E-state index < -0.39 is 11.8 Å². The maximum Gasteiger partial charge on any atom is 0.335 e. The van der Waals surface area contributed by atoms with Crippen LogP contribution in [-0.2, 0) is 0 Å². The number of nitrogens with zero attached hydrogens (tertiary/aromatic N) is 1. The summed E-state index contributed by atoms with van der Waals surface area (Å²) in [6.45, 7) is 4.50. The van der Waals surface area contributed by atoms with Crippen molar-refractivity contribution in [3.05, 3.63) is 59.4 Å². The minimum absolute atomic E-state index is 0.0498. The molecule has 0 unspecified atom stereocenters. The van der Waals surface area contributed by atoms with Gasteiger partial charge >= 0.3 is 5.97 Å². The fraction of sp³-hybridized carbons (Fsp3) is 0.188. The van der Waals surface area contributed by atoms with Crippen molar-refractivity contribution in [3.8, 4) is 0 Å². The number of aryl methyl sites for hydroxylation is 1. The highest BCUT2D eigenvalue weighted by molar-refractivity contribution is 5.88. The lowest BCUT2D eigenvalue weighted by molar-refractivity contribution is 0.0696. The predicted octanol–water partition coefficient (Wildman–Crippen LogP) is 3.99. The number of hydrogen-bond acceptors (Lipinski definition) is 2. The molecule has 2 aromatic carbocycles. The summed E-state index contributed by atoms with van der Waals surface area (Å²) in [5, 5.41) is 8.86. The highest BCUT2D eigenvalue weighted by atomic mass is 19.1. The minimum Gasteiger partial charge on any atom is -0.478 e. The number of carboxylic acid groups (broad SMARTS) is 1. The summed E-state index contributed by atoms with van der Waals surface area (Å²) in [5.74, 6) is -1.67. The monoisotopic (exact) mass is 273 g/mol. The maximum absolute atomic E-state index is 14.1. The van der Waals surface area contributed by atoms with Crippen LogP contribution in [0.2, 0.25) is 0 Å². The van der Waals surface area contributed by atoms with Gasteiger partial charge in [0, 0.05) is 12.2 Å². The highest BCUT2D eigenvalue weighted by Crippen LogP contribution is 2.28. The van der Waals surface area contributed by atoms with Gasteiger partial charge in [0.05, 0.1) is 11.3 Å². The molecule has 0 saturated heterocycles. The van der Waals surface area contributed by atoms with E-state index in [1.807, 2.05) is 38.1 Å². The number of rotatable bonds is 4. The highest BCUT2D eigenvalue weighted by Gasteiger charge is 2.14. The molecule has 0 saturated carbocycles. The molecule has 0 amide bonds. The Kier molecular flexibility index (Phi) is 4.03. The zero-order valence-electron chi connectivity index (χ0n) is 11.4. The zero-order chi connectivity index (χ0) is 14.7. The summed E-state index contributed by atoms with van der Waals surface area (Å²) in [5.41, 5.74) is 2.33. The molecule has 2 aromatic rings. The third-order valence-corrected chi connectivity index (χ3v) is 3.15. The second-order valence-electron chi connectivity index (χ2n) is 4.55. The van der Waals surface area contributed by atoms with E-state index in [2.05, 4.69) is 0 Å². The SMILES string of the molecule is CCN(c1ccc(C)cc1)c1ccc(C(=O)O)cc1F. The third-order valence-electron chi connectivity index (χ3n) is 3.15. The van der Waals surface area contributed by atoms with Crippen LogP contribution in [0.5, 0.6) is 0 Å². The Bertz CT molecular complexity index is 623. The molecule has 0 spiro atoms. The van der Waals surface area contributed by atoms with Gasteiger partial charge in [-0.1, -0.05) is 17.7 Å². The van der Waals surface area contributed by atoms with Crippen LogP contribution >= 0.6 is 0 Å². The quantitative estimate of drug-likeness (QED) is 0.915. The lowest BCUT2D eigenvalue weighted by Crippen LogP contribution is -2.17. The van der Waals surface area contributed by atoms with Crippen LogP contribution in [-0.4, -0.2) is 17.6 Å². The molecule has 4 heteroatoms. The van der Waals surface area contributed by atoms with E-state index in [9.17, 15) is 9.18 Å². The van der Waals surface area contributed by atoms with Gasteiger partial charge in [-0.15, -0.1) is 0 Å². The molecule has 20 heavy (non-hydrogen) atoms. The smallest absolute Gasteiger partial charge is 0.335 e. The van der Waals surface area contributed by atoms with Crippen molar-refractivity contribution >= 4 is 17.3 Å². The normalized spacial score (nSPS) is 10.3. The summed E-state index contributed by atoms with van der Waals surface area (Å²) in [6, 6.07) is 11.7. The van der Waals surface area contributed by atoms with E-state index in [4.69, 9.17) is 5.11 Å². The van der Waals surface area contributed by atoms with E-state index in [0.29, 0.717) is 12.2 Å². The first kappa shape index (κ1) is 14.1. The van der Waals surface area contributed by atoms with Crippen LogP contribution in [0.25, 0.3) is 0 Å². The maximum atomic E-state index is 14.1.